The summed E-state index contributed by atoms with van der Waals surface area (Å²) in [6.07, 6.45) is 1.68. The lowest BCUT2D eigenvalue weighted by molar-refractivity contribution is -0.129. The number of aryl methyl sites for hydroxylation is 2. The predicted octanol–water partition coefficient (Wildman–Crippen LogP) is 2.59. The van der Waals surface area contributed by atoms with E-state index in [1.54, 1.807) is 11.8 Å². The SMILES string of the molecule is Cc1ccc(SCCC(=O)N2CCC(CN)C2)cc1C. The minimum absolute atomic E-state index is 0.275. The smallest absolute Gasteiger partial charge is 0.223 e. The van der Waals surface area contributed by atoms with Crippen LogP contribution in [0.3, 0.4) is 0 Å². The van der Waals surface area contributed by atoms with Crippen molar-refractivity contribution in [2.75, 3.05) is 25.4 Å². The second-order valence-corrected chi connectivity index (χ2v) is 6.74. The Kier molecular flexibility index (Phi) is 5.49. The third kappa shape index (κ3) is 4.00. The molecule has 1 heterocycles. The second-order valence-electron chi connectivity index (χ2n) is 5.57. The molecule has 0 spiro atoms. The average Bonchev–Trinajstić information content (AvgIpc) is 2.91. The molecule has 0 aliphatic carbocycles. The molecule has 1 aliphatic rings. The van der Waals surface area contributed by atoms with Gasteiger partial charge in [0.15, 0.2) is 0 Å². The van der Waals surface area contributed by atoms with E-state index in [4.69, 9.17) is 5.73 Å². The average molecular weight is 292 g/mol. The van der Waals surface area contributed by atoms with Gasteiger partial charge in [-0.3, -0.25) is 4.79 Å². The standard InChI is InChI=1S/C16H24N2OS/c1-12-3-4-15(9-13(12)2)20-8-6-16(19)18-7-5-14(10-17)11-18/h3-4,9,14H,5-8,10-11,17H2,1-2H3. The van der Waals surface area contributed by atoms with Crippen LogP contribution in [0.25, 0.3) is 0 Å². The Balaban J connectivity index is 1.75. The van der Waals surface area contributed by atoms with E-state index in [2.05, 4.69) is 32.0 Å². The molecule has 1 atom stereocenters. The highest BCUT2D eigenvalue weighted by Gasteiger charge is 2.24. The van der Waals surface area contributed by atoms with Crippen molar-refractivity contribution in [2.45, 2.75) is 31.6 Å². The fourth-order valence-electron chi connectivity index (χ4n) is 2.47. The number of amides is 1. The molecule has 1 aliphatic heterocycles. The van der Waals surface area contributed by atoms with E-state index in [-0.39, 0.29) is 5.91 Å². The predicted molar refractivity (Wildman–Crippen MR) is 85.0 cm³/mol. The first-order valence-corrected chi connectivity index (χ1v) is 8.26. The molecule has 1 saturated heterocycles. The minimum Gasteiger partial charge on any atom is -0.342 e. The highest BCUT2D eigenvalue weighted by atomic mass is 32.2. The lowest BCUT2D eigenvalue weighted by Crippen LogP contribution is -2.30. The summed E-state index contributed by atoms with van der Waals surface area (Å²) >= 11 is 1.76. The molecular weight excluding hydrogens is 268 g/mol. The Labute approximate surface area is 125 Å². The Hall–Kier alpha value is -1.00. The maximum absolute atomic E-state index is 12.1. The van der Waals surface area contributed by atoms with Crippen molar-refractivity contribution in [3.63, 3.8) is 0 Å². The Morgan fingerprint density at radius 1 is 1.40 bits per heavy atom. The number of likely N-dealkylation sites (tertiary alicyclic amines) is 1. The number of carbonyl (C=O) groups excluding carboxylic acids is 1. The van der Waals surface area contributed by atoms with Crippen LogP contribution in [0, 0.1) is 19.8 Å². The zero-order valence-electron chi connectivity index (χ0n) is 12.4. The molecule has 4 heteroatoms. The van der Waals surface area contributed by atoms with Crippen molar-refractivity contribution < 1.29 is 4.79 Å². The molecule has 110 valence electrons. The first-order chi connectivity index (χ1) is 9.60. The summed E-state index contributed by atoms with van der Waals surface area (Å²) in [6.45, 7) is 6.68. The Morgan fingerprint density at radius 3 is 2.85 bits per heavy atom. The van der Waals surface area contributed by atoms with Crippen LogP contribution in [0.2, 0.25) is 0 Å². The van der Waals surface area contributed by atoms with Crippen molar-refractivity contribution in [3.8, 4) is 0 Å². The van der Waals surface area contributed by atoms with Gasteiger partial charge in [-0.2, -0.15) is 0 Å². The molecule has 2 rings (SSSR count). The summed E-state index contributed by atoms with van der Waals surface area (Å²) in [4.78, 5) is 15.3. The number of nitrogens with two attached hydrogens (primary N) is 1. The summed E-state index contributed by atoms with van der Waals surface area (Å²) in [5.74, 6) is 1.63. The molecule has 1 fully saturated rings. The summed E-state index contributed by atoms with van der Waals surface area (Å²) < 4.78 is 0. The van der Waals surface area contributed by atoms with Crippen LogP contribution in [-0.4, -0.2) is 36.2 Å². The Bertz CT molecular complexity index is 476. The number of nitrogens with zero attached hydrogens (tertiary/aromatic N) is 1. The van der Waals surface area contributed by atoms with Gasteiger partial charge in [0.25, 0.3) is 0 Å². The number of rotatable bonds is 5. The third-order valence-corrected chi connectivity index (χ3v) is 5.03. The van der Waals surface area contributed by atoms with Gasteiger partial charge in [0.2, 0.25) is 5.91 Å². The lowest BCUT2D eigenvalue weighted by Gasteiger charge is -2.16. The van der Waals surface area contributed by atoms with Gasteiger partial charge < -0.3 is 10.6 Å². The van der Waals surface area contributed by atoms with Crippen LogP contribution < -0.4 is 5.73 Å². The van der Waals surface area contributed by atoms with Crippen LogP contribution >= 0.6 is 11.8 Å². The topological polar surface area (TPSA) is 46.3 Å². The molecule has 0 saturated carbocycles. The number of hydrogen-bond donors (Lipinski definition) is 1. The third-order valence-electron chi connectivity index (χ3n) is 4.03. The monoisotopic (exact) mass is 292 g/mol. The number of carbonyl (C=O) groups is 1. The molecule has 3 nitrogen and oxygen atoms in total. The highest BCUT2D eigenvalue weighted by Crippen LogP contribution is 2.23. The molecular formula is C16H24N2OS. The fraction of sp³-hybridized carbons (Fsp3) is 0.562. The van der Waals surface area contributed by atoms with Crippen molar-refractivity contribution >= 4 is 17.7 Å². The largest absolute Gasteiger partial charge is 0.342 e. The number of hydrogen-bond acceptors (Lipinski definition) is 3. The molecule has 1 aromatic rings. The first-order valence-electron chi connectivity index (χ1n) is 7.28. The zero-order chi connectivity index (χ0) is 14.5. The number of thioether (sulfide) groups is 1. The Morgan fingerprint density at radius 2 is 2.20 bits per heavy atom. The summed E-state index contributed by atoms with van der Waals surface area (Å²) in [5, 5.41) is 0. The van der Waals surface area contributed by atoms with Crippen LogP contribution in [0.15, 0.2) is 23.1 Å². The molecule has 2 N–H and O–H groups in total. The van der Waals surface area contributed by atoms with Crippen molar-refractivity contribution in [1.82, 2.24) is 4.90 Å². The number of benzene rings is 1. The van der Waals surface area contributed by atoms with Crippen LogP contribution in [-0.2, 0) is 4.79 Å². The molecule has 0 radical (unpaired) electrons. The van der Waals surface area contributed by atoms with Gasteiger partial charge >= 0.3 is 0 Å². The summed E-state index contributed by atoms with van der Waals surface area (Å²) in [6, 6.07) is 6.48. The van der Waals surface area contributed by atoms with E-state index in [1.165, 1.54) is 16.0 Å². The van der Waals surface area contributed by atoms with Crippen LogP contribution in [0.4, 0.5) is 0 Å². The summed E-state index contributed by atoms with van der Waals surface area (Å²) in [5.41, 5.74) is 8.28. The van der Waals surface area contributed by atoms with E-state index in [0.29, 0.717) is 18.9 Å². The van der Waals surface area contributed by atoms with Gasteiger partial charge in [0, 0.05) is 30.2 Å². The molecule has 20 heavy (non-hydrogen) atoms. The maximum atomic E-state index is 12.1. The lowest BCUT2D eigenvalue weighted by atomic mass is 10.1. The van der Waals surface area contributed by atoms with Crippen molar-refractivity contribution in [3.05, 3.63) is 29.3 Å². The van der Waals surface area contributed by atoms with E-state index >= 15 is 0 Å². The van der Waals surface area contributed by atoms with Gasteiger partial charge in [-0.1, -0.05) is 6.07 Å². The molecule has 1 aromatic carbocycles. The zero-order valence-corrected chi connectivity index (χ0v) is 13.2. The second kappa shape index (κ2) is 7.14. The fourth-order valence-corrected chi connectivity index (χ4v) is 3.41. The molecule has 1 unspecified atom stereocenters. The molecule has 0 bridgehead atoms. The van der Waals surface area contributed by atoms with Gasteiger partial charge in [-0.15, -0.1) is 11.8 Å². The molecule has 1 amide bonds. The van der Waals surface area contributed by atoms with Crippen LogP contribution in [0.1, 0.15) is 24.0 Å². The van der Waals surface area contributed by atoms with E-state index in [9.17, 15) is 4.79 Å². The van der Waals surface area contributed by atoms with Gasteiger partial charge in [0.1, 0.15) is 0 Å². The normalized spacial score (nSPS) is 18.6. The van der Waals surface area contributed by atoms with E-state index < -0.39 is 0 Å². The van der Waals surface area contributed by atoms with Gasteiger partial charge in [-0.05, 0) is 56.0 Å². The van der Waals surface area contributed by atoms with Crippen LogP contribution in [0.5, 0.6) is 0 Å². The first kappa shape index (κ1) is 15.4. The minimum atomic E-state index is 0.275. The molecule has 0 aromatic heterocycles. The van der Waals surface area contributed by atoms with Gasteiger partial charge in [0.05, 0.1) is 0 Å². The van der Waals surface area contributed by atoms with Crippen molar-refractivity contribution in [1.29, 1.82) is 0 Å². The van der Waals surface area contributed by atoms with E-state index in [0.717, 1.165) is 25.3 Å². The van der Waals surface area contributed by atoms with Gasteiger partial charge in [-0.25, -0.2) is 0 Å². The highest BCUT2D eigenvalue weighted by molar-refractivity contribution is 7.99. The van der Waals surface area contributed by atoms with E-state index in [1.807, 2.05) is 4.90 Å². The summed E-state index contributed by atoms with van der Waals surface area (Å²) in [7, 11) is 0. The quantitative estimate of drug-likeness (QED) is 0.849. The maximum Gasteiger partial charge on any atom is 0.223 e. The van der Waals surface area contributed by atoms with Crippen molar-refractivity contribution in [2.24, 2.45) is 11.7 Å².